The largest absolute Gasteiger partial charge is 0.488 e. The summed E-state index contributed by atoms with van der Waals surface area (Å²) in [7, 11) is 0. The van der Waals surface area contributed by atoms with Crippen LogP contribution in [-0.4, -0.2) is 5.60 Å². The summed E-state index contributed by atoms with van der Waals surface area (Å²) in [6.45, 7) is 6.23. The molecule has 1 rings (SSSR count). The summed E-state index contributed by atoms with van der Waals surface area (Å²) < 4.78 is 5.75. The van der Waals surface area contributed by atoms with E-state index in [1.807, 2.05) is 24.3 Å². The van der Waals surface area contributed by atoms with Gasteiger partial charge in [0.2, 0.25) is 0 Å². The first-order valence-electron chi connectivity index (χ1n) is 4.48. The molecule has 0 aliphatic rings. The molecule has 13 heavy (non-hydrogen) atoms. The highest BCUT2D eigenvalue weighted by Crippen LogP contribution is 2.23. The monoisotopic (exact) mass is 198 g/mol. The molecule has 0 atom stereocenters. The maximum absolute atomic E-state index is 5.84. The van der Waals surface area contributed by atoms with Gasteiger partial charge in [-0.2, -0.15) is 0 Å². The summed E-state index contributed by atoms with van der Waals surface area (Å²) in [4.78, 5) is 0. The van der Waals surface area contributed by atoms with E-state index in [0.29, 0.717) is 5.02 Å². The maximum atomic E-state index is 5.84. The average molecular weight is 199 g/mol. The first-order valence-corrected chi connectivity index (χ1v) is 4.86. The average Bonchev–Trinajstić information content (AvgIpc) is 2.03. The number of halogens is 1. The van der Waals surface area contributed by atoms with E-state index in [1.165, 1.54) is 0 Å². The van der Waals surface area contributed by atoms with Gasteiger partial charge in [0.15, 0.2) is 0 Å². The second kappa shape index (κ2) is 4.01. The molecule has 1 aromatic rings. The van der Waals surface area contributed by atoms with Crippen LogP contribution in [-0.2, 0) is 0 Å². The van der Waals surface area contributed by atoms with E-state index < -0.39 is 0 Å². The number of hydrogen-bond acceptors (Lipinski definition) is 1. The third-order valence-electron chi connectivity index (χ3n) is 2.04. The smallest absolute Gasteiger partial charge is 0.121 e. The summed E-state index contributed by atoms with van der Waals surface area (Å²) in [6.07, 6.45) is 0.972. The molecule has 0 saturated heterocycles. The van der Waals surface area contributed by atoms with Crippen LogP contribution in [0.5, 0.6) is 5.75 Å². The minimum absolute atomic E-state index is 0.120. The van der Waals surface area contributed by atoms with Gasteiger partial charge in [-0.15, -0.1) is 0 Å². The lowest BCUT2D eigenvalue weighted by molar-refractivity contribution is 0.105. The lowest BCUT2D eigenvalue weighted by atomic mass is 10.1. The van der Waals surface area contributed by atoms with Crippen molar-refractivity contribution in [3.63, 3.8) is 0 Å². The topological polar surface area (TPSA) is 9.23 Å². The Hall–Kier alpha value is -0.690. The number of hydrogen-bond donors (Lipinski definition) is 0. The van der Waals surface area contributed by atoms with Crippen molar-refractivity contribution in [1.82, 2.24) is 0 Å². The van der Waals surface area contributed by atoms with Gasteiger partial charge in [-0.3, -0.25) is 0 Å². The molecule has 0 fully saturated rings. The molecular formula is C11H15ClO. The third-order valence-corrected chi connectivity index (χ3v) is 2.28. The number of ether oxygens (including phenoxy) is 1. The van der Waals surface area contributed by atoms with Crippen LogP contribution in [0.4, 0.5) is 0 Å². The van der Waals surface area contributed by atoms with Crippen LogP contribution in [0.2, 0.25) is 5.02 Å². The first-order chi connectivity index (χ1) is 6.03. The number of rotatable bonds is 3. The first kappa shape index (κ1) is 10.4. The van der Waals surface area contributed by atoms with Crippen LogP contribution in [0.3, 0.4) is 0 Å². The second-order valence-electron chi connectivity index (χ2n) is 3.67. The number of benzene rings is 1. The Bertz CT molecular complexity index is 281. The SMILES string of the molecule is CCC(C)(C)Oc1cccc(Cl)c1. The van der Waals surface area contributed by atoms with E-state index in [9.17, 15) is 0 Å². The van der Waals surface area contributed by atoms with Crippen molar-refractivity contribution in [3.05, 3.63) is 29.3 Å². The zero-order valence-corrected chi connectivity index (χ0v) is 9.06. The van der Waals surface area contributed by atoms with Crippen molar-refractivity contribution >= 4 is 11.6 Å². The molecule has 2 heteroatoms. The summed E-state index contributed by atoms with van der Waals surface area (Å²) in [5, 5.41) is 0.712. The predicted octanol–water partition coefficient (Wildman–Crippen LogP) is 3.91. The molecule has 0 bridgehead atoms. The van der Waals surface area contributed by atoms with Crippen LogP contribution >= 0.6 is 11.6 Å². The molecule has 0 aliphatic heterocycles. The van der Waals surface area contributed by atoms with Crippen molar-refractivity contribution in [2.24, 2.45) is 0 Å². The summed E-state index contributed by atoms with van der Waals surface area (Å²) >= 11 is 5.84. The lowest BCUT2D eigenvalue weighted by Crippen LogP contribution is -2.26. The Morgan fingerprint density at radius 3 is 2.62 bits per heavy atom. The van der Waals surface area contributed by atoms with Crippen LogP contribution in [0, 0.1) is 0 Å². The van der Waals surface area contributed by atoms with Crippen LogP contribution < -0.4 is 4.74 Å². The Morgan fingerprint density at radius 1 is 1.38 bits per heavy atom. The van der Waals surface area contributed by atoms with E-state index in [0.717, 1.165) is 12.2 Å². The van der Waals surface area contributed by atoms with Crippen molar-refractivity contribution in [2.45, 2.75) is 32.8 Å². The fraction of sp³-hybridized carbons (Fsp3) is 0.455. The minimum Gasteiger partial charge on any atom is -0.488 e. The standard InChI is InChI=1S/C11H15ClO/c1-4-11(2,3)13-10-7-5-6-9(12)8-10/h5-8H,4H2,1-3H3. The van der Waals surface area contributed by atoms with Crippen LogP contribution in [0.25, 0.3) is 0 Å². The highest BCUT2D eigenvalue weighted by atomic mass is 35.5. The summed E-state index contributed by atoms with van der Waals surface area (Å²) in [6, 6.07) is 7.49. The molecular weight excluding hydrogens is 184 g/mol. The molecule has 0 aliphatic carbocycles. The Balaban J connectivity index is 2.74. The Labute approximate surface area is 84.7 Å². The van der Waals surface area contributed by atoms with E-state index in [2.05, 4.69) is 20.8 Å². The predicted molar refractivity (Wildman–Crippen MR) is 56.5 cm³/mol. The molecule has 1 nitrogen and oxygen atoms in total. The molecule has 1 aromatic carbocycles. The van der Waals surface area contributed by atoms with E-state index in [1.54, 1.807) is 0 Å². The van der Waals surface area contributed by atoms with E-state index in [-0.39, 0.29) is 5.60 Å². The van der Waals surface area contributed by atoms with Gasteiger partial charge in [0.05, 0.1) is 0 Å². The normalized spacial score (nSPS) is 11.4. The van der Waals surface area contributed by atoms with Crippen molar-refractivity contribution in [2.75, 3.05) is 0 Å². The summed E-state index contributed by atoms with van der Waals surface area (Å²) in [5.41, 5.74) is -0.120. The zero-order valence-electron chi connectivity index (χ0n) is 8.30. The van der Waals surface area contributed by atoms with E-state index in [4.69, 9.17) is 16.3 Å². The zero-order chi connectivity index (χ0) is 9.90. The fourth-order valence-electron chi connectivity index (χ4n) is 0.922. The maximum Gasteiger partial charge on any atom is 0.121 e. The molecule has 0 radical (unpaired) electrons. The Kier molecular flexibility index (Phi) is 3.21. The van der Waals surface area contributed by atoms with Gasteiger partial charge >= 0.3 is 0 Å². The van der Waals surface area contributed by atoms with Crippen molar-refractivity contribution < 1.29 is 4.74 Å². The molecule has 0 saturated carbocycles. The molecule has 0 aromatic heterocycles. The van der Waals surface area contributed by atoms with Gasteiger partial charge in [0.1, 0.15) is 11.4 Å². The highest BCUT2D eigenvalue weighted by molar-refractivity contribution is 6.30. The van der Waals surface area contributed by atoms with Gasteiger partial charge in [-0.1, -0.05) is 24.6 Å². The van der Waals surface area contributed by atoms with Gasteiger partial charge < -0.3 is 4.74 Å². The third kappa shape index (κ3) is 3.27. The molecule has 0 N–H and O–H groups in total. The minimum atomic E-state index is -0.120. The fourth-order valence-corrected chi connectivity index (χ4v) is 1.10. The molecule has 0 heterocycles. The van der Waals surface area contributed by atoms with Gasteiger partial charge in [-0.05, 0) is 38.5 Å². The highest BCUT2D eigenvalue weighted by Gasteiger charge is 2.16. The van der Waals surface area contributed by atoms with Crippen LogP contribution in [0.1, 0.15) is 27.2 Å². The van der Waals surface area contributed by atoms with Crippen LogP contribution in [0.15, 0.2) is 24.3 Å². The Morgan fingerprint density at radius 2 is 2.08 bits per heavy atom. The lowest BCUT2D eigenvalue weighted by Gasteiger charge is -2.24. The van der Waals surface area contributed by atoms with E-state index >= 15 is 0 Å². The summed E-state index contributed by atoms with van der Waals surface area (Å²) in [5.74, 6) is 0.833. The van der Waals surface area contributed by atoms with Crippen molar-refractivity contribution in [3.8, 4) is 5.75 Å². The van der Waals surface area contributed by atoms with Gasteiger partial charge in [0, 0.05) is 5.02 Å². The second-order valence-corrected chi connectivity index (χ2v) is 4.11. The quantitative estimate of drug-likeness (QED) is 0.716. The van der Waals surface area contributed by atoms with Gasteiger partial charge in [-0.25, -0.2) is 0 Å². The molecule has 0 amide bonds. The molecule has 72 valence electrons. The van der Waals surface area contributed by atoms with Gasteiger partial charge in [0.25, 0.3) is 0 Å². The molecule has 0 unspecified atom stereocenters. The van der Waals surface area contributed by atoms with Crippen molar-refractivity contribution in [1.29, 1.82) is 0 Å². The molecule has 0 spiro atoms.